The lowest BCUT2D eigenvalue weighted by molar-refractivity contribution is -0.152. The molecule has 1 saturated carbocycles. The molecule has 0 aliphatic heterocycles. The van der Waals surface area contributed by atoms with E-state index in [4.69, 9.17) is 4.74 Å². The molecule has 0 N–H and O–H groups in total. The number of hydrogen-bond acceptors (Lipinski definition) is 3. The summed E-state index contributed by atoms with van der Waals surface area (Å²) in [6.45, 7) is 4.01. The molecule has 0 saturated heterocycles. The van der Waals surface area contributed by atoms with Gasteiger partial charge < -0.3 is 4.74 Å². The van der Waals surface area contributed by atoms with Crippen LogP contribution in [0.15, 0.2) is 0 Å². The Kier molecular flexibility index (Phi) is 4.79. The minimum Gasteiger partial charge on any atom is -0.451 e. The van der Waals surface area contributed by atoms with E-state index in [-0.39, 0.29) is 23.2 Å². The second-order valence-electron chi connectivity index (χ2n) is 4.41. The Morgan fingerprint density at radius 1 is 1.29 bits per heavy atom. The summed E-state index contributed by atoms with van der Waals surface area (Å²) >= 11 is 4.24. The quantitative estimate of drug-likeness (QED) is 0.446. The van der Waals surface area contributed by atoms with E-state index >= 15 is 0 Å². The van der Waals surface area contributed by atoms with Crippen molar-refractivity contribution < 1.29 is 9.53 Å². The summed E-state index contributed by atoms with van der Waals surface area (Å²) in [5.74, 6) is 0.376. The van der Waals surface area contributed by atoms with Crippen molar-refractivity contribution in [2.24, 2.45) is 11.8 Å². The Bertz CT molecular complexity index is 186. The highest BCUT2D eigenvalue weighted by atomic mass is 32.1. The van der Waals surface area contributed by atoms with Crippen molar-refractivity contribution in [2.75, 3.05) is 0 Å². The van der Waals surface area contributed by atoms with E-state index in [0.717, 1.165) is 12.8 Å². The molecular formula is C11H20O2S. The Balaban J connectivity index is 2.33. The van der Waals surface area contributed by atoms with E-state index in [0.29, 0.717) is 0 Å². The summed E-state index contributed by atoms with van der Waals surface area (Å²) in [6, 6.07) is 0. The minimum atomic E-state index is -0.246. The van der Waals surface area contributed by atoms with Crippen molar-refractivity contribution in [3.05, 3.63) is 0 Å². The summed E-state index contributed by atoms with van der Waals surface area (Å²) in [4.78, 5) is 11.6. The normalized spacial score (nSPS) is 20.9. The molecule has 0 amide bonds. The van der Waals surface area contributed by atoms with Gasteiger partial charge in [-0.05, 0) is 18.8 Å². The van der Waals surface area contributed by atoms with Gasteiger partial charge >= 0.3 is 5.97 Å². The maximum atomic E-state index is 11.6. The molecule has 0 heterocycles. The van der Waals surface area contributed by atoms with Gasteiger partial charge in [0.25, 0.3) is 0 Å². The number of thiol groups is 1. The van der Waals surface area contributed by atoms with Crippen LogP contribution in [0.3, 0.4) is 0 Å². The maximum absolute atomic E-state index is 11.6. The Morgan fingerprint density at radius 3 is 2.36 bits per heavy atom. The molecule has 1 unspecified atom stereocenters. The molecule has 0 aromatic rings. The molecule has 82 valence electrons. The molecule has 0 spiro atoms. The van der Waals surface area contributed by atoms with Crippen LogP contribution in [0.25, 0.3) is 0 Å². The van der Waals surface area contributed by atoms with Crippen LogP contribution in [0, 0.1) is 11.8 Å². The standard InChI is InChI=1S/C11H20O2S/c1-8(2)11(14)13-10(12)9-6-4-3-5-7-9/h8-9,11,14H,3-7H2,1-2H3. The fourth-order valence-corrected chi connectivity index (χ4v) is 1.79. The molecular weight excluding hydrogens is 196 g/mol. The third-order valence-electron chi connectivity index (χ3n) is 2.75. The van der Waals surface area contributed by atoms with Gasteiger partial charge in [-0.15, -0.1) is 12.6 Å². The topological polar surface area (TPSA) is 26.3 Å². The number of esters is 1. The third kappa shape index (κ3) is 3.52. The SMILES string of the molecule is CC(C)C(S)OC(=O)C1CCCCC1. The first-order chi connectivity index (χ1) is 6.61. The van der Waals surface area contributed by atoms with Gasteiger partial charge in [0, 0.05) is 0 Å². The molecule has 1 aliphatic carbocycles. The van der Waals surface area contributed by atoms with Gasteiger partial charge in [0.1, 0.15) is 5.44 Å². The fourth-order valence-electron chi connectivity index (χ4n) is 1.69. The number of hydrogen-bond donors (Lipinski definition) is 1. The average Bonchev–Trinajstić information content (AvgIpc) is 2.19. The van der Waals surface area contributed by atoms with E-state index in [9.17, 15) is 4.79 Å². The third-order valence-corrected chi connectivity index (χ3v) is 3.45. The first-order valence-corrected chi connectivity index (χ1v) is 6.01. The highest BCUT2D eigenvalue weighted by Gasteiger charge is 2.24. The molecule has 2 nitrogen and oxygen atoms in total. The zero-order valence-electron chi connectivity index (χ0n) is 9.03. The number of ether oxygens (including phenoxy) is 1. The van der Waals surface area contributed by atoms with E-state index in [2.05, 4.69) is 12.6 Å². The second kappa shape index (κ2) is 5.64. The smallest absolute Gasteiger partial charge is 0.310 e. The lowest BCUT2D eigenvalue weighted by Gasteiger charge is -2.23. The van der Waals surface area contributed by atoms with E-state index in [1.165, 1.54) is 19.3 Å². The van der Waals surface area contributed by atoms with Crippen molar-refractivity contribution in [1.29, 1.82) is 0 Å². The average molecular weight is 216 g/mol. The predicted octanol–water partition coefficient (Wildman–Crippen LogP) is 3.02. The molecule has 0 radical (unpaired) electrons. The molecule has 1 atom stereocenters. The van der Waals surface area contributed by atoms with Crippen LogP contribution in [0.4, 0.5) is 0 Å². The van der Waals surface area contributed by atoms with Crippen LogP contribution >= 0.6 is 12.6 Å². The molecule has 14 heavy (non-hydrogen) atoms. The zero-order chi connectivity index (χ0) is 10.6. The number of rotatable bonds is 3. The lowest BCUT2D eigenvalue weighted by atomic mass is 9.89. The van der Waals surface area contributed by atoms with E-state index < -0.39 is 0 Å². The van der Waals surface area contributed by atoms with Gasteiger partial charge in [0.05, 0.1) is 5.92 Å². The first kappa shape index (κ1) is 11.9. The van der Waals surface area contributed by atoms with Crippen LogP contribution in [0.1, 0.15) is 46.0 Å². The van der Waals surface area contributed by atoms with E-state index in [1.807, 2.05) is 13.8 Å². The molecule has 0 aromatic carbocycles. The van der Waals surface area contributed by atoms with Gasteiger partial charge in [-0.2, -0.15) is 0 Å². The predicted molar refractivity (Wildman–Crippen MR) is 60.3 cm³/mol. The number of carbonyl (C=O) groups excluding carboxylic acids is 1. The Morgan fingerprint density at radius 2 is 1.86 bits per heavy atom. The summed E-state index contributed by atoms with van der Waals surface area (Å²) < 4.78 is 5.28. The van der Waals surface area contributed by atoms with Gasteiger partial charge in [-0.3, -0.25) is 4.79 Å². The fraction of sp³-hybridized carbons (Fsp3) is 0.909. The maximum Gasteiger partial charge on any atom is 0.310 e. The van der Waals surface area contributed by atoms with Crippen LogP contribution in [0.2, 0.25) is 0 Å². The van der Waals surface area contributed by atoms with Crippen LogP contribution < -0.4 is 0 Å². The van der Waals surface area contributed by atoms with Crippen molar-refractivity contribution >= 4 is 18.6 Å². The van der Waals surface area contributed by atoms with Crippen LogP contribution in [0.5, 0.6) is 0 Å². The summed E-state index contributed by atoms with van der Waals surface area (Å²) in [5, 5.41) is 0. The molecule has 1 aliphatic rings. The summed E-state index contributed by atoms with van der Waals surface area (Å²) in [6.07, 6.45) is 5.59. The second-order valence-corrected chi connectivity index (χ2v) is 4.92. The molecule has 0 aromatic heterocycles. The van der Waals surface area contributed by atoms with Gasteiger partial charge in [-0.25, -0.2) is 0 Å². The van der Waals surface area contributed by atoms with Crippen molar-refractivity contribution in [3.63, 3.8) is 0 Å². The Hall–Kier alpha value is -0.180. The van der Waals surface area contributed by atoms with E-state index in [1.54, 1.807) is 0 Å². The molecule has 0 bridgehead atoms. The lowest BCUT2D eigenvalue weighted by Crippen LogP contribution is -2.25. The first-order valence-electron chi connectivity index (χ1n) is 5.50. The highest BCUT2D eigenvalue weighted by Crippen LogP contribution is 2.26. The van der Waals surface area contributed by atoms with Gasteiger partial charge in [0.2, 0.25) is 0 Å². The van der Waals surface area contributed by atoms with Crippen LogP contribution in [-0.4, -0.2) is 11.4 Å². The highest BCUT2D eigenvalue weighted by molar-refractivity contribution is 7.80. The minimum absolute atomic E-state index is 0.0431. The zero-order valence-corrected chi connectivity index (χ0v) is 9.93. The van der Waals surface area contributed by atoms with Gasteiger partial charge in [0.15, 0.2) is 0 Å². The van der Waals surface area contributed by atoms with Crippen LogP contribution in [-0.2, 0) is 9.53 Å². The largest absolute Gasteiger partial charge is 0.451 e. The molecule has 3 heteroatoms. The summed E-state index contributed by atoms with van der Waals surface area (Å²) in [7, 11) is 0. The van der Waals surface area contributed by atoms with Gasteiger partial charge in [-0.1, -0.05) is 33.1 Å². The van der Waals surface area contributed by atoms with Crippen molar-refractivity contribution in [1.82, 2.24) is 0 Å². The Labute approximate surface area is 91.8 Å². The number of carbonyl (C=O) groups is 1. The van der Waals surface area contributed by atoms with Crippen molar-refractivity contribution in [3.8, 4) is 0 Å². The molecule has 1 rings (SSSR count). The molecule has 1 fully saturated rings. The summed E-state index contributed by atoms with van der Waals surface area (Å²) in [5.41, 5.74) is -0.246. The monoisotopic (exact) mass is 216 g/mol. The van der Waals surface area contributed by atoms with Crippen molar-refractivity contribution in [2.45, 2.75) is 51.4 Å².